The highest BCUT2D eigenvalue weighted by molar-refractivity contribution is 7.88. The Morgan fingerprint density at radius 2 is 1.90 bits per heavy atom. The average Bonchev–Trinajstić information content (AvgIpc) is 2.97. The summed E-state index contributed by atoms with van der Waals surface area (Å²) in [6.07, 6.45) is 6.75. The van der Waals surface area contributed by atoms with Crippen LogP contribution < -0.4 is 0 Å². The van der Waals surface area contributed by atoms with Crippen LogP contribution in [0.3, 0.4) is 0 Å². The lowest BCUT2D eigenvalue weighted by Gasteiger charge is -2.21. The molecule has 1 aromatic rings. The molecular weight excluding hydrogens is 290 g/mol. The second-order valence-electron chi connectivity index (χ2n) is 5.29. The summed E-state index contributed by atoms with van der Waals surface area (Å²) in [7, 11) is -3.34. The summed E-state index contributed by atoms with van der Waals surface area (Å²) in [6.45, 7) is 2.08. The highest BCUT2D eigenvalue weighted by Gasteiger charge is 2.22. The van der Waals surface area contributed by atoms with Gasteiger partial charge in [0.2, 0.25) is 15.9 Å². The number of sulfonamides is 1. The highest BCUT2D eigenvalue weighted by atomic mass is 32.2. The SMILES string of the molecule is CS(=O)(=O)N(CCC(=O)N1CCCC1)Cc1ccncc1. The lowest BCUT2D eigenvalue weighted by Crippen LogP contribution is -2.35. The van der Waals surface area contributed by atoms with Crippen LogP contribution in [0.2, 0.25) is 0 Å². The molecule has 0 saturated carbocycles. The maximum Gasteiger partial charge on any atom is 0.223 e. The van der Waals surface area contributed by atoms with Crippen molar-refractivity contribution >= 4 is 15.9 Å². The Kier molecular flexibility index (Phi) is 5.30. The van der Waals surface area contributed by atoms with E-state index in [0.29, 0.717) is 0 Å². The fraction of sp³-hybridized carbons (Fsp3) is 0.571. The molecule has 1 amide bonds. The summed E-state index contributed by atoms with van der Waals surface area (Å²) >= 11 is 0. The van der Waals surface area contributed by atoms with Crippen LogP contribution in [0.5, 0.6) is 0 Å². The molecule has 7 heteroatoms. The number of carbonyl (C=O) groups is 1. The van der Waals surface area contributed by atoms with Crippen molar-refractivity contribution < 1.29 is 13.2 Å². The average molecular weight is 311 g/mol. The van der Waals surface area contributed by atoms with Crippen molar-refractivity contribution in [1.82, 2.24) is 14.2 Å². The summed E-state index contributed by atoms with van der Waals surface area (Å²) in [6, 6.07) is 3.56. The molecule has 1 fully saturated rings. The largest absolute Gasteiger partial charge is 0.343 e. The van der Waals surface area contributed by atoms with Gasteiger partial charge in [0, 0.05) is 45.0 Å². The van der Waals surface area contributed by atoms with Gasteiger partial charge in [-0.05, 0) is 30.5 Å². The van der Waals surface area contributed by atoms with Crippen molar-refractivity contribution in [3.05, 3.63) is 30.1 Å². The van der Waals surface area contributed by atoms with E-state index in [1.165, 1.54) is 10.6 Å². The maximum atomic E-state index is 12.0. The number of pyridine rings is 1. The van der Waals surface area contributed by atoms with Gasteiger partial charge in [0.15, 0.2) is 0 Å². The van der Waals surface area contributed by atoms with E-state index in [-0.39, 0.29) is 25.4 Å². The highest BCUT2D eigenvalue weighted by Crippen LogP contribution is 2.12. The van der Waals surface area contributed by atoms with Crippen LogP contribution in [0.4, 0.5) is 0 Å². The summed E-state index contributed by atoms with van der Waals surface area (Å²) in [4.78, 5) is 17.7. The number of nitrogens with zero attached hydrogens (tertiary/aromatic N) is 3. The molecule has 0 N–H and O–H groups in total. The minimum Gasteiger partial charge on any atom is -0.343 e. The van der Waals surface area contributed by atoms with E-state index in [9.17, 15) is 13.2 Å². The molecule has 2 heterocycles. The van der Waals surface area contributed by atoms with Crippen molar-refractivity contribution in [3.63, 3.8) is 0 Å². The molecule has 0 bridgehead atoms. The lowest BCUT2D eigenvalue weighted by molar-refractivity contribution is -0.130. The monoisotopic (exact) mass is 311 g/mol. The molecule has 1 aromatic heterocycles. The Bertz CT molecular complexity index is 568. The molecule has 1 aliphatic heterocycles. The van der Waals surface area contributed by atoms with Crippen LogP contribution in [-0.2, 0) is 21.4 Å². The predicted octanol–water partition coefficient (Wildman–Crippen LogP) is 0.856. The van der Waals surface area contributed by atoms with Crippen LogP contribution >= 0.6 is 0 Å². The van der Waals surface area contributed by atoms with Crippen LogP contribution in [-0.4, -0.2) is 54.4 Å². The minimum atomic E-state index is -3.34. The van der Waals surface area contributed by atoms with E-state index in [0.717, 1.165) is 31.5 Å². The van der Waals surface area contributed by atoms with Gasteiger partial charge < -0.3 is 4.90 Å². The summed E-state index contributed by atoms with van der Waals surface area (Å²) in [5, 5.41) is 0. The predicted molar refractivity (Wildman–Crippen MR) is 79.9 cm³/mol. The van der Waals surface area contributed by atoms with Gasteiger partial charge in [0.05, 0.1) is 6.26 Å². The second kappa shape index (κ2) is 7.00. The fourth-order valence-corrected chi connectivity index (χ4v) is 3.21. The zero-order chi connectivity index (χ0) is 15.3. The standard InChI is InChI=1S/C14H21N3O3S/c1-21(19,20)17(12-13-4-7-15-8-5-13)11-6-14(18)16-9-2-3-10-16/h4-5,7-8H,2-3,6,9-12H2,1H3. The first kappa shape index (κ1) is 15.9. The summed E-state index contributed by atoms with van der Waals surface area (Å²) in [5.41, 5.74) is 0.865. The van der Waals surface area contributed by atoms with Gasteiger partial charge >= 0.3 is 0 Å². The van der Waals surface area contributed by atoms with E-state index >= 15 is 0 Å². The topological polar surface area (TPSA) is 70.6 Å². The molecule has 0 spiro atoms. The smallest absolute Gasteiger partial charge is 0.223 e. The minimum absolute atomic E-state index is 0.0379. The van der Waals surface area contributed by atoms with Crippen molar-refractivity contribution in [1.29, 1.82) is 0 Å². The molecular formula is C14H21N3O3S. The van der Waals surface area contributed by atoms with Crippen molar-refractivity contribution in [3.8, 4) is 0 Å². The normalized spacial score (nSPS) is 15.6. The molecule has 21 heavy (non-hydrogen) atoms. The molecule has 0 aliphatic carbocycles. The van der Waals surface area contributed by atoms with Gasteiger partial charge in [0.1, 0.15) is 0 Å². The number of aromatic nitrogens is 1. The molecule has 0 unspecified atom stereocenters. The third kappa shape index (κ3) is 4.78. The van der Waals surface area contributed by atoms with Crippen molar-refractivity contribution in [2.45, 2.75) is 25.8 Å². The van der Waals surface area contributed by atoms with Crippen molar-refractivity contribution in [2.75, 3.05) is 25.9 Å². The molecule has 2 rings (SSSR count). The number of hydrogen-bond donors (Lipinski definition) is 0. The quantitative estimate of drug-likeness (QED) is 0.781. The van der Waals surface area contributed by atoms with E-state index in [1.54, 1.807) is 24.5 Å². The van der Waals surface area contributed by atoms with Gasteiger partial charge in [-0.15, -0.1) is 0 Å². The molecule has 116 valence electrons. The Hall–Kier alpha value is -1.47. The number of rotatable bonds is 6. The zero-order valence-electron chi connectivity index (χ0n) is 12.2. The number of carbonyl (C=O) groups excluding carboxylic acids is 1. The van der Waals surface area contributed by atoms with Crippen LogP contribution in [0.15, 0.2) is 24.5 Å². The molecule has 1 aliphatic rings. The Balaban J connectivity index is 1.95. The lowest BCUT2D eigenvalue weighted by atomic mass is 10.2. The Morgan fingerprint density at radius 1 is 1.29 bits per heavy atom. The van der Waals surface area contributed by atoms with E-state index in [2.05, 4.69) is 4.98 Å². The number of hydrogen-bond acceptors (Lipinski definition) is 4. The van der Waals surface area contributed by atoms with Gasteiger partial charge in [-0.2, -0.15) is 4.31 Å². The Morgan fingerprint density at radius 3 is 2.48 bits per heavy atom. The summed E-state index contributed by atoms with van der Waals surface area (Å²) in [5.74, 6) is 0.0379. The first-order valence-electron chi connectivity index (χ1n) is 7.08. The molecule has 6 nitrogen and oxygen atoms in total. The third-order valence-corrected chi connectivity index (χ3v) is 4.86. The molecule has 0 radical (unpaired) electrons. The van der Waals surface area contributed by atoms with E-state index < -0.39 is 10.0 Å². The first-order valence-corrected chi connectivity index (χ1v) is 8.93. The van der Waals surface area contributed by atoms with E-state index in [4.69, 9.17) is 0 Å². The van der Waals surface area contributed by atoms with Gasteiger partial charge in [0.25, 0.3) is 0 Å². The molecule has 0 atom stereocenters. The van der Waals surface area contributed by atoms with Gasteiger partial charge in [-0.25, -0.2) is 8.42 Å². The number of amides is 1. The first-order chi connectivity index (χ1) is 9.97. The molecule has 0 aromatic carbocycles. The van der Waals surface area contributed by atoms with Gasteiger partial charge in [-0.3, -0.25) is 9.78 Å². The van der Waals surface area contributed by atoms with Crippen molar-refractivity contribution in [2.24, 2.45) is 0 Å². The van der Waals surface area contributed by atoms with Crippen LogP contribution in [0.1, 0.15) is 24.8 Å². The second-order valence-corrected chi connectivity index (χ2v) is 7.27. The molecule has 1 saturated heterocycles. The third-order valence-electron chi connectivity index (χ3n) is 3.61. The van der Waals surface area contributed by atoms with Crippen LogP contribution in [0, 0.1) is 0 Å². The fourth-order valence-electron chi connectivity index (χ4n) is 2.40. The van der Waals surface area contributed by atoms with Crippen LogP contribution in [0.25, 0.3) is 0 Å². The Labute approximate surface area is 125 Å². The zero-order valence-corrected chi connectivity index (χ0v) is 13.1. The maximum absolute atomic E-state index is 12.0. The van der Waals surface area contributed by atoms with Gasteiger partial charge in [-0.1, -0.05) is 0 Å². The summed E-state index contributed by atoms with van der Waals surface area (Å²) < 4.78 is 25.1. The van der Waals surface area contributed by atoms with E-state index in [1.807, 2.05) is 4.90 Å². The number of likely N-dealkylation sites (tertiary alicyclic amines) is 1.